The summed E-state index contributed by atoms with van der Waals surface area (Å²) in [6.07, 6.45) is 0. The zero-order valence-corrected chi connectivity index (χ0v) is 18.8. The number of fused-ring (bicyclic) bond motifs is 2. The summed E-state index contributed by atoms with van der Waals surface area (Å²) < 4.78 is 22.0. The zero-order valence-electron chi connectivity index (χ0n) is 18.8. The molecule has 0 unspecified atom stereocenters. The molecule has 1 aliphatic heterocycles. The Morgan fingerprint density at radius 1 is 0.969 bits per heavy atom. The van der Waals surface area contributed by atoms with E-state index in [0.29, 0.717) is 46.9 Å². The van der Waals surface area contributed by atoms with Gasteiger partial charge in [0.25, 0.3) is 5.91 Å². The Balaban J connectivity index is 1.93. The summed E-state index contributed by atoms with van der Waals surface area (Å²) in [5.41, 5.74) is 1.17. The van der Waals surface area contributed by atoms with Crippen molar-refractivity contribution in [2.45, 2.75) is 6.04 Å². The summed E-state index contributed by atoms with van der Waals surface area (Å²) in [5, 5.41) is 0.400. The first kappa shape index (κ1) is 21.7. The molecule has 32 heavy (non-hydrogen) atoms. The van der Waals surface area contributed by atoms with Gasteiger partial charge < -0.3 is 28.4 Å². The number of methoxy groups -OCH3 is 3. The molecule has 2 aromatic carbocycles. The smallest absolute Gasteiger partial charge is 0.290 e. The molecule has 0 aliphatic carbocycles. The third-order valence-electron chi connectivity index (χ3n) is 5.69. The van der Waals surface area contributed by atoms with Crippen molar-refractivity contribution in [1.29, 1.82) is 0 Å². The van der Waals surface area contributed by atoms with E-state index in [2.05, 4.69) is 0 Å². The molecule has 0 saturated carbocycles. The SMILES string of the molecule is COc1ccc2c(=O)c3c(oc2c1)C(=O)N(CCN(C)C)[C@H]3c1ccc(OC)c(OC)c1. The van der Waals surface area contributed by atoms with Crippen LogP contribution in [0.4, 0.5) is 0 Å². The predicted octanol–water partition coefficient (Wildman–Crippen LogP) is 2.93. The highest BCUT2D eigenvalue weighted by atomic mass is 16.5. The summed E-state index contributed by atoms with van der Waals surface area (Å²) >= 11 is 0. The van der Waals surface area contributed by atoms with Crippen molar-refractivity contribution in [2.24, 2.45) is 0 Å². The van der Waals surface area contributed by atoms with Gasteiger partial charge >= 0.3 is 0 Å². The Morgan fingerprint density at radius 2 is 1.72 bits per heavy atom. The Kier molecular flexibility index (Phi) is 5.80. The average Bonchev–Trinajstić information content (AvgIpc) is 3.08. The number of carbonyl (C=O) groups is 1. The van der Waals surface area contributed by atoms with Crippen molar-refractivity contribution in [3.63, 3.8) is 0 Å². The van der Waals surface area contributed by atoms with Crippen LogP contribution >= 0.6 is 0 Å². The lowest BCUT2D eigenvalue weighted by molar-refractivity contribution is 0.0716. The molecule has 1 aromatic heterocycles. The van der Waals surface area contributed by atoms with Crippen LogP contribution in [0.2, 0.25) is 0 Å². The number of hydrogen-bond acceptors (Lipinski definition) is 7. The Labute approximate surface area is 185 Å². The fourth-order valence-corrected chi connectivity index (χ4v) is 4.03. The van der Waals surface area contributed by atoms with E-state index in [1.165, 1.54) is 7.11 Å². The van der Waals surface area contributed by atoms with E-state index in [1.54, 1.807) is 49.5 Å². The van der Waals surface area contributed by atoms with Gasteiger partial charge in [-0.1, -0.05) is 6.07 Å². The van der Waals surface area contributed by atoms with E-state index in [1.807, 2.05) is 25.1 Å². The number of nitrogens with zero attached hydrogens (tertiary/aromatic N) is 2. The van der Waals surface area contributed by atoms with Crippen molar-refractivity contribution in [3.05, 3.63) is 63.5 Å². The maximum absolute atomic E-state index is 13.6. The summed E-state index contributed by atoms with van der Waals surface area (Å²) in [6.45, 7) is 1.05. The number of hydrogen-bond donors (Lipinski definition) is 0. The van der Waals surface area contributed by atoms with Crippen molar-refractivity contribution in [1.82, 2.24) is 9.80 Å². The molecule has 4 rings (SSSR count). The number of amides is 1. The minimum absolute atomic E-state index is 0.0642. The van der Waals surface area contributed by atoms with Gasteiger partial charge in [-0.2, -0.15) is 0 Å². The van der Waals surface area contributed by atoms with Gasteiger partial charge in [-0.05, 0) is 43.9 Å². The summed E-state index contributed by atoms with van der Waals surface area (Å²) in [6, 6.07) is 9.81. The lowest BCUT2D eigenvalue weighted by atomic mass is 9.98. The monoisotopic (exact) mass is 438 g/mol. The summed E-state index contributed by atoms with van der Waals surface area (Å²) in [4.78, 5) is 30.6. The molecule has 0 radical (unpaired) electrons. The highest BCUT2D eigenvalue weighted by Crippen LogP contribution is 2.41. The van der Waals surface area contributed by atoms with E-state index < -0.39 is 6.04 Å². The lowest BCUT2D eigenvalue weighted by Gasteiger charge is -2.27. The third kappa shape index (κ3) is 3.56. The maximum atomic E-state index is 13.6. The summed E-state index contributed by atoms with van der Waals surface area (Å²) in [5.74, 6) is 1.39. The molecule has 8 nitrogen and oxygen atoms in total. The van der Waals surface area contributed by atoms with Crippen LogP contribution < -0.4 is 19.6 Å². The molecule has 3 aromatic rings. The van der Waals surface area contributed by atoms with Gasteiger partial charge in [-0.25, -0.2) is 0 Å². The van der Waals surface area contributed by atoms with Crippen LogP contribution in [0.5, 0.6) is 17.2 Å². The highest BCUT2D eigenvalue weighted by molar-refractivity contribution is 5.99. The molecule has 8 heteroatoms. The molecule has 0 spiro atoms. The van der Waals surface area contributed by atoms with Crippen molar-refractivity contribution >= 4 is 16.9 Å². The van der Waals surface area contributed by atoms with Crippen LogP contribution in [0.15, 0.2) is 45.6 Å². The Hall–Kier alpha value is -3.52. The molecule has 0 saturated heterocycles. The highest BCUT2D eigenvalue weighted by Gasteiger charge is 2.42. The topological polar surface area (TPSA) is 81.5 Å². The van der Waals surface area contributed by atoms with Gasteiger partial charge in [0.15, 0.2) is 16.9 Å². The molecule has 1 aliphatic rings. The van der Waals surface area contributed by atoms with Crippen LogP contribution in [0.3, 0.4) is 0 Å². The second kappa shape index (κ2) is 8.55. The van der Waals surface area contributed by atoms with Gasteiger partial charge in [0.1, 0.15) is 11.3 Å². The van der Waals surface area contributed by atoms with Crippen molar-refractivity contribution < 1.29 is 23.4 Å². The normalized spacial score (nSPS) is 15.4. The largest absolute Gasteiger partial charge is 0.497 e. The third-order valence-corrected chi connectivity index (χ3v) is 5.69. The molecule has 1 amide bonds. The van der Waals surface area contributed by atoms with Crippen LogP contribution in [0, 0.1) is 0 Å². The Bertz CT molecular complexity index is 1230. The predicted molar refractivity (Wildman–Crippen MR) is 120 cm³/mol. The molecular weight excluding hydrogens is 412 g/mol. The zero-order chi connectivity index (χ0) is 23.0. The van der Waals surface area contributed by atoms with Crippen LogP contribution in [-0.4, -0.2) is 64.2 Å². The maximum Gasteiger partial charge on any atom is 0.290 e. The first-order chi connectivity index (χ1) is 15.4. The van der Waals surface area contributed by atoms with E-state index in [-0.39, 0.29) is 17.1 Å². The second-order valence-electron chi connectivity index (χ2n) is 7.85. The Morgan fingerprint density at radius 3 is 2.38 bits per heavy atom. The van der Waals surface area contributed by atoms with Crippen LogP contribution in [0.1, 0.15) is 27.7 Å². The number of likely N-dealkylation sites (N-methyl/N-ethyl adjacent to an activating group) is 1. The van der Waals surface area contributed by atoms with Gasteiger partial charge in [-0.15, -0.1) is 0 Å². The first-order valence-electron chi connectivity index (χ1n) is 10.2. The molecule has 0 bridgehead atoms. The number of ether oxygens (including phenoxy) is 3. The fraction of sp³-hybridized carbons (Fsp3) is 0.333. The van der Waals surface area contributed by atoms with Crippen LogP contribution in [0.25, 0.3) is 11.0 Å². The summed E-state index contributed by atoms with van der Waals surface area (Å²) in [7, 11) is 8.51. The molecule has 0 N–H and O–H groups in total. The minimum atomic E-state index is -0.597. The van der Waals surface area contributed by atoms with Gasteiger partial charge in [0.05, 0.1) is 38.3 Å². The molecule has 2 heterocycles. The average molecular weight is 438 g/mol. The quantitative estimate of drug-likeness (QED) is 0.561. The van der Waals surface area contributed by atoms with Crippen LogP contribution in [-0.2, 0) is 0 Å². The van der Waals surface area contributed by atoms with Gasteiger partial charge in [0.2, 0.25) is 5.76 Å². The number of rotatable bonds is 7. The van der Waals surface area contributed by atoms with Gasteiger partial charge in [0, 0.05) is 19.2 Å². The second-order valence-corrected chi connectivity index (χ2v) is 7.85. The minimum Gasteiger partial charge on any atom is -0.497 e. The van der Waals surface area contributed by atoms with E-state index in [0.717, 1.165) is 5.56 Å². The number of benzene rings is 2. The molecule has 168 valence electrons. The van der Waals surface area contributed by atoms with Crippen molar-refractivity contribution in [3.8, 4) is 17.2 Å². The van der Waals surface area contributed by atoms with Crippen molar-refractivity contribution in [2.75, 3.05) is 48.5 Å². The molecule has 0 fully saturated rings. The lowest BCUT2D eigenvalue weighted by Crippen LogP contribution is -2.35. The van der Waals surface area contributed by atoms with E-state index in [4.69, 9.17) is 18.6 Å². The van der Waals surface area contributed by atoms with Gasteiger partial charge in [-0.3, -0.25) is 9.59 Å². The van der Waals surface area contributed by atoms with E-state index in [9.17, 15) is 9.59 Å². The molecular formula is C24H26N2O6. The number of carbonyl (C=O) groups excluding carboxylic acids is 1. The standard InChI is InChI=1S/C24H26N2O6/c1-25(2)10-11-26-21(14-6-9-17(30-4)19(12-14)31-5)20-22(27)16-8-7-15(29-3)13-18(16)32-23(20)24(26)28/h6-9,12-13,21H,10-11H2,1-5H3/t21-/m0/s1. The fourth-order valence-electron chi connectivity index (χ4n) is 4.03. The molecule has 1 atom stereocenters. The van der Waals surface area contributed by atoms with E-state index >= 15 is 0 Å². The first-order valence-corrected chi connectivity index (χ1v) is 10.2.